The molecule has 0 atom stereocenters. The van der Waals surface area contributed by atoms with Crippen molar-refractivity contribution in [3.8, 4) is 22.5 Å². The normalized spacial score (nSPS) is 14.7. The minimum atomic E-state index is -0.692. The van der Waals surface area contributed by atoms with Crippen LogP contribution < -0.4 is 5.73 Å². The van der Waals surface area contributed by atoms with E-state index < -0.39 is 5.54 Å². The van der Waals surface area contributed by atoms with E-state index in [4.69, 9.17) is 10.7 Å². The van der Waals surface area contributed by atoms with E-state index in [-0.39, 0.29) is 18.3 Å². The minimum Gasteiger partial charge on any atom is -0.322 e. The molecule has 2 aromatic carbocycles. The molecule has 3 aromatic rings. The van der Waals surface area contributed by atoms with Gasteiger partial charge >= 0.3 is 0 Å². The Morgan fingerprint density at radius 2 is 1.66 bits per heavy atom. The average molecular weight is 390 g/mol. The summed E-state index contributed by atoms with van der Waals surface area (Å²) in [7, 11) is 0. The molecule has 0 bridgehead atoms. The highest BCUT2D eigenvalue weighted by atomic mass is 19.1. The summed E-state index contributed by atoms with van der Waals surface area (Å²) < 4.78 is 15.5. The summed E-state index contributed by atoms with van der Waals surface area (Å²) in [5.41, 5.74) is 9.51. The van der Waals surface area contributed by atoms with Crippen LogP contribution >= 0.6 is 0 Å². The predicted octanol–water partition coefficient (Wildman–Crippen LogP) is 4.13. The molecule has 148 valence electrons. The van der Waals surface area contributed by atoms with E-state index in [1.807, 2.05) is 55.8 Å². The Hall–Kier alpha value is -3.25. The van der Waals surface area contributed by atoms with Gasteiger partial charge in [0.1, 0.15) is 17.2 Å². The molecular weight excluding hydrogens is 367 g/mol. The minimum absolute atomic E-state index is 0.0792. The van der Waals surface area contributed by atoms with Gasteiger partial charge in [-0.2, -0.15) is 0 Å². The summed E-state index contributed by atoms with van der Waals surface area (Å²) in [6, 6.07) is 14.5. The van der Waals surface area contributed by atoms with Gasteiger partial charge in [0.25, 0.3) is 0 Å². The van der Waals surface area contributed by atoms with Crippen LogP contribution in [0.5, 0.6) is 0 Å². The third-order valence-electron chi connectivity index (χ3n) is 5.31. The number of imidazole rings is 1. The fraction of sp³-hybridized carbons (Fsp3) is 0.217. The van der Waals surface area contributed by atoms with E-state index in [0.29, 0.717) is 0 Å². The number of rotatable bonds is 3. The molecule has 0 saturated heterocycles. The van der Waals surface area contributed by atoms with E-state index in [9.17, 15) is 9.18 Å². The van der Waals surface area contributed by atoms with Crippen molar-refractivity contribution in [1.82, 2.24) is 14.5 Å². The standard InChI is InChI=1S/C23H23FN4O/c1-15-4-6-17(7-5-15)21-20(16-8-10-18(24)11-9-16)26-22-23(2,3)28(19(29)14-25)13-12-27(21)22/h4-13H,14,25H2,1-3H3. The van der Waals surface area contributed by atoms with Crippen LogP contribution in [0.15, 0.2) is 54.7 Å². The van der Waals surface area contributed by atoms with Crippen molar-refractivity contribution >= 4 is 12.1 Å². The molecule has 0 radical (unpaired) electrons. The first-order valence-corrected chi connectivity index (χ1v) is 9.49. The van der Waals surface area contributed by atoms with Gasteiger partial charge in [0.2, 0.25) is 5.91 Å². The van der Waals surface area contributed by atoms with Gasteiger partial charge < -0.3 is 10.6 Å². The summed E-state index contributed by atoms with van der Waals surface area (Å²) in [4.78, 5) is 18.9. The van der Waals surface area contributed by atoms with Crippen LogP contribution in [0, 0.1) is 12.7 Å². The Morgan fingerprint density at radius 3 is 2.28 bits per heavy atom. The summed E-state index contributed by atoms with van der Waals surface area (Å²) in [5, 5.41) is 0. The molecule has 1 aliphatic rings. The van der Waals surface area contributed by atoms with Gasteiger partial charge in [-0.25, -0.2) is 9.37 Å². The second-order valence-electron chi connectivity index (χ2n) is 7.70. The second-order valence-corrected chi connectivity index (χ2v) is 7.70. The molecule has 5 nitrogen and oxygen atoms in total. The number of halogens is 1. The van der Waals surface area contributed by atoms with Crippen molar-refractivity contribution < 1.29 is 9.18 Å². The molecule has 6 heteroatoms. The Kier molecular flexibility index (Phi) is 4.59. The third kappa shape index (κ3) is 3.15. The van der Waals surface area contributed by atoms with Gasteiger partial charge in [-0.3, -0.25) is 9.36 Å². The maximum Gasteiger partial charge on any atom is 0.241 e. The topological polar surface area (TPSA) is 64.2 Å². The third-order valence-corrected chi connectivity index (χ3v) is 5.31. The Labute approximate surface area is 169 Å². The summed E-state index contributed by atoms with van der Waals surface area (Å²) >= 11 is 0. The fourth-order valence-electron chi connectivity index (χ4n) is 3.73. The van der Waals surface area contributed by atoms with E-state index in [2.05, 4.69) is 0 Å². The highest BCUT2D eigenvalue weighted by Crippen LogP contribution is 2.40. The molecule has 1 aliphatic heterocycles. The molecule has 0 spiro atoms. The molecule has 0 saturated carbocycles. The lowest BCUT2D eigenvalue weighted by atomic mass is 10.00. The van der Waals surface area contributed by atoms with Gasteiger partial charge in [-0.15, -0.1) is 0 Å². The lowest BCUT2D eigenvalue weighted by Gasteiger charge is -2.38. The van der Waals surface area contributed by atoms with Crippen LogP contribution in [0.2, 0.25) is 0 Å². The van der Waals surface area contributed by atoms with Crippen LogP contribution in [0.3, 0.4) is 0 Å². The number of hydrogen-bond donors (Lipinski definition) is 1. The highest BCUT2D eigenvalue weighted by Gasteiger charge is 2.39. The molecule has 4 rings (SSSR count). The van der Waals surface area contributed by atoms with Crippen molar-refractivity contribution in [3.63, 3.8) is 0 Å². The quantitative estimate of drug-likeness (QED) is 0.731. The molecule has 2 N–H and O–H groups in total. The number of fused-ring (bicyclic) bond motifs is 1. The molecule has 2 heterocycles. The zero-order valence-corrected chi connectivity index (χ0v) is 16.7. The number of carbonyl (C=O) groups excluding carboxylic acids is 1. The first-order valence-electron chi connectivity index (χ1n) is 9.49. The maximum absolute atomic E-state index is 13.5. The molecule has 29 heavy (non-hydrogen) atoms. The first-order chi connectivity index (χ1) is 13.8. The van der Waals surface area contributed by atoms with Gasteiger partial charge in [-0.05, 0) is 45.0 Å². The Morgan fingerprint density at radius 1 is 1.03 bits per heavy atom. The van der Waals surface area contributed by atoms with Crippen molar-refractivity contribution in [2.45, 2.75) is 26.3 Å². The summed E-state index contributed by atoms with van der Waals surface area (Å²) in [6.07, 6.45) is 3.58. The number of nitrogens with zero attached hydrogens (tertiary/aromatic N) is 3. The highest BCUT2D eigenvalue weighted by molar-refractivity contribution is 5.84. The lowest BCUT2D eigenvalue weighted by molar-refractivity contribution is -0.132. The lowest BCUT2D eigenvalue weighted by Crippen LogP contribution is -2.47. The summed E-state index contributed by atoms with van der Waals surface area (Å²) in [5.74, 6) is 0.243. The second kappa shape index (κ2) is 6.97. The van der Waals surface area contributed by atoms with Crippen molar-refractivity contribution in [2.75, 3.05) is 6.54 Å². The molecule has 1 aromatic heterocycles. The maximum atomic E-state index is 13.5. The Bertz CT molecular complexity index is 1100. The van der Waals surface area contributed by atoms with E-state index in [1.54, 1.807) is 23.2 Å². The first kappa shape index (κ1) is 19.1. The van der Waals surface area contributed by atoms with Gasteiger partial charge in [0.05, 0.1) is 17.9 Å². The number of hydrogen-bond acceptors (Lipinski definition) is 3. The number of nitrogens with two attached hydrogens (primary N) is 1. The smallest absolute Gasteiger partial charge is 0.241 e. The van der Waals surface area contributed by atoms with Gasteiger partial charge in [0, 0.05) is 23.5 Å². The molecule has 0 aliphatic carbocycles. The zero-order valence-electron chi connectivity index (χ0n) is 16.7. The SMILES string of the molecule is Cc1ccc(-c2c(-c3ccc(F)cc3)nc3n2C=CN(C(=O)CN)C3(C)C)cc1. The number of carbonyl (C=O) groups is 1. The fourth-order valence-corrected chi connectivity index (χ4v) is 3.73. The predicted molar refractivity (Wildman–Crippen MR) is 112 cm³/mol. The van der Waals surface area contributed by atoms with Gasteiger partial charge in [-0.1, -0.05) is 29.8 Å². The average Bonchev–Trinajstić information content (AvgIpc) is 3.09. The molecule has 0 fully saturated rings. The molecule has 0 unspecified atom stereocenters. The largest absolute Gasteiger partial charge is 0.322 e. The van der Waals surface area contributed by atoms with Crippen molar-refractivity contribution in [3.05, 3.63) is 71.9 Å². The number of benzene rings is 2. The van der Waals surface area contributed by atoms with Crippen LogP contribution in [0.4, 0.5) is 4.39 Å². The number of aryl methyl sites for hydroxylation is 1. The van der Waals surface area contributed by atoms with Crippen molar-refractivity contribution in [2.24, 2.45) is 5.73 Å². The number of aromatic nitrogens is 2. The van der Waals surface area contributed by atoms with Crippen molar-refractivity contribution in [1.29, 1.82) is 0 Å². The van der Waals surface area contributed by atoms with Crippen LogP contribution in [0.1, 0.15) is 25.2 Å². The molecular formula is C23H23FN4O. The van der Waals surface area contributed by atoms with E-state index in [0.717, 1.165) is 33.9 Å². The zero-order chi connectivity index (χ0) is 20.8. The van der Waals surface area contributed by atoms with Gasteiger partial charge in [0.15, 0.2) is 0 Å². The monoisotopic (exact) mass is 390 g/mol. The summed E-state index contributed by atoms with van der Waals surface area (Å²) in [6.45, 7) is 5.84. The number of amides is 1. The van der Waals surface area contributed by atoms with Crippen LogP contribution in [-0.4, -0.2) is 26.9 Å². The Balaban J connectivity index is 1.97. The molecule has 1 amide bonds. The van der Waals surface area contributed by atoms with Crippen LogP contribution in [0.25, 0.3) is 28.7 Å². The van der Waals surface area contributed by atoms with E-state index in [1.165, 1.54) is 12.1 Å². The van der Waals surface area contributed by atoms with E-state index >= 15 is 0 Å². The van der Waals surface area contributed by atoms with Crippen LogP contribution in [-0.2, 0) is 10.3 Å².